The molecule has 0 saturated heterocycles. The summed E-state index contributed by atoms with van der Waals surface area (Å²) in [6.07, 6.45) is 0. The minimum atomic E-state index is -0.659. The van der Waals surface area contributed by atoms with Crippen molar-refractivity contribution >= 4 is 17.8 Å². The van der Waals surface area contributed by atoms with E-state index >= 15 is 0 Å². The van der Waals surface area contributed by atoms with Crippen LogP contribution in [0.3, 0.4) is 0 Å². The zero-order valence-electron chi connectivity index (χ0n) is 7.15. The molecule has 7 heteroatoms. The summed E-state index contributed by atoms with van der Waals surface area (Å²) in [5.41, 5.74) is 15.2. The Balaban J connectivity index is 2.93. The summed E-state index contributed by atoms with van der Waals surface area (Å²) in [5, 5.41) is 0. The van der Waals surface area contributed by atoms with Crippen LogP contribution in [-0.2, 0) is 0 Å². The predicted molar refractivity (Wildman–Crippen MR) is 49.5 cm³/mol. The van der Waals surface area contributed by atoms with Crippen molar-refractivity contribution in [2.45, 2.75) is 0 Å². The Morgan fingerprint density at radius 1 is 1.14 bits per heavy atom. The Morgan fingerprint density at radius 2 is 1.71 bits per heavy atom. The summed E-state index contributed by atoms with van der Waals surface area (Å²) in [6, 6.07) is 2.74. The van der Waals surface area contributed by atoms with Crippen LogP contribution in [-0.4, -0.2) is 22.8 Å². The van der Waals surface area contributed by atoms with Gasteiger partial charge < -0.3 is 22.2 Å². The first-order chi connectivity index (χ1) is 6.50. The van der Waals surface area contributed by atoms with Gasteiger partial charge in [-0.1, -0.05) is 0 Å². The molecular weight excluding hydrogens is 186 g/mol. The molecule has 1 rings (SSSR count). The third-order valence-corrected chi connectivity index (χ3v) is 1.41. The fourth-order valence-electron chi connectivity index (χ4n) is 0.841. The Morgan fingerprint density at radius 3 is 2.14 bits per heavy atom. The van der Waals surface area contributed by atoms with Gasteiger partial charge in [0.2, 0.25) is 0 Å². The third-order valence-electron chi connectivity index (χ3n) is 1.41. The number of aliphatic imine (C=N–C) groups is 1. The van der Waals surface area contributed by atoms with E-state index in [2.05, 4.69) is 9.98 Å². The molecule has 1 heterocycles. The molecule has 0 radical (unpaired) electrons. The largest absolute Gasteiger partial charge is 0.370 e. The molecule has 2 amide bonds. The van der Waals surface area contributed by atoms with Crippen molar-refractivity contribution in [2.75, 3.05) is 0 Å². The number of aromatic amines is 1. The molecule has 0 unspecified atom stereocenters. The lowest BCUT2D eigenvalue weighted by atomic mass is 10.4. The van der Waals surface area contributed by atoms with E-state index in [1.54, 1.807) is 0 Å². The fourth-order valence-corrected chi connectivity index (χ4v) is 0.841. The maximum atomic E-state index is 11.2. The quantitative estimate of drug-likeness (QED) is 0.337. The van der Waals surface area contributed by atoms with Gasteiger partial charge in [-0.05, 0) is 12.1 Å². The molecule has 0 aliphatic carbocycles. The molecule has 0 aliphatic heterocycles. The SMILES string of the molecule is NC(=O)c1ccc(C(=O)N=C(N)N)[nH]1. The summed E-state index contributed by atoms with van der Waals surface area (Å²) in [6.45, 7) is 0. The number of carbonyl (C=O) groups is 2. The zero-order chi connectivity index (χ0) is 10.7. The molecule has 0 saturated carbocycles. The first kappa shape index (κ1) is 9.78. The van der Waals surface area contributed by atoms with E-state index in [-0.39, 0.29) is 17.3 Å². The van der Waals surface area contributed by atoms with Crippen molar-refractivity contribution in [3.05, 3.63) is 23.5 Å². The topological polar surface area (TPSA) is 140 Å². The van der Waals surface area contributed by atoms with Crippen LogP contribution in [0.15, 0.2) is 17.1 Å². The molecule has 0 aromatic carbocycles. The van der Waals surface area contributed by atoms with E-state index in [9.17, 15) is 9.59 Å². The highest BCUT2D eigenvalue weighted by Gasteiger charge is 2.09. The van der Waals surface area contributed by atoms with Gasteiger partial charge in [-0.3, -0.25) is 9.59 Å². The maximum Gasteiger partial charge on any atom is 0.296 e. The van der Waals surface area contributed by atoms with Crippen molar-refractivity contribution < 1.29 is 9.59 Å². The minimum absolute atomic E-state index is 0.104. The summed E-state index contributed by atoms with van der Waals surface area (Å²) in [4.78, 5) is 27.6. The van der Waals surface area contributed by atoms with Gasteiger partial charge in [0.25, 0.3) is 11.8 Å². The molecule has 1 aromatic rings. The highest BCUT2D eigenvalue weighted by molar-refractivity contribution is 6.02. The number of H-pyrrole nitrogens is 1. The van der Waals surface area contributed by atoms with Crippen molar-refractivity contribution in [1.29, 1.82) is 0 Å². The van der Waals surface area contributed by atoms with Gasteiger partial charge in [0.1, 0.15) is 11.4 Å². The highest BCUT2D eigenvalue weighted by Crippen LogP contribution is 2.02. The average Bonchev–Trinajstić information content (AvgIpc) is 2.50. The Labute approximate surface area is 79.0 Å². The van der Waals surface area contributed by atoms with Crippen LogP contribution in [0.2, 0.25) is 0 Å². The van der Waals surface area contributed by atoms with Crippen LogP contribution < -0.4 is 17.2 Å². The first-order valence-electron chi connectivity index (χ1n) is 3.63. The number of primary amides is 1. The van der Waals surface area contributed by atoms with Gasteiger partial charge in [-0.25, -0.2) is 0 Å². The number of guanidine groups is 1. The van der Waals surface area contributed by atoms with Gasteiger partial charge in [0.05, 0.1) is 0 Å². The molecule has 0 bridgehead atoms. The lowest BCUT2D eigenvalue weighted by Crippen LogP contribution is -2.24. The second-order valence-corrected chi connectivity index (χ2v) is 2.49. The van der Waals surface area contributed by atoms with Crippen molar-refractivity contribution in [1.82, 2.24) is 4.98 Å². The van der Waals surface area contributed by atoms with Gasteiger partial charge >= 0.3 is 0 Å². The molecule has 1 aromatic heterocycles. The molecular formula is C7H9N5O2. The second kappa shape index (κ2) is 3.60. The number of hydrogen-bond acceptors (Lipinski definition) is 2. The van der Waals surface area contributed by atoms with E-state index < -0.39 is 11.8 Å². The van der Waals surface area contributed by atoms with Crippen LogP contribution in [0.5, 0.6) is 0 Å². The van der Waals surface area contributed by atoms with Crippen molar-refractivity contribution in [3.8, 4) is 0 Å². The number of rotatable bonds is 2. The average molecular weight is 195 g/mol. The maximum absolute atomic E-state index is 11.2. The van der Waals surface area contributed by atoms with E-state index in [0.717, 1.165) is 0 Å². The van der Waals surface area contributed by atoms with Gasteiger partial charge in [0, 0.05) is 0 Å². The number of nitrogens with one attached hydrogen (secondary N) is 1. The van der Waals surface area contributed by atoms with E-state index in [4.69, 9.17) is 17.2 Å². The van der Waals surface area contributed by atoms with Crippen LogP contribution in [0.1, 0.15) is 21.0 Å². The molecule has 0 aliphatic rings. The minimum Gasteiger partial charge on any atom is -0.370 e. The van der Waals surface area contributed by atoms with Crippen LogP contribution in [0, 0.1) is 0 Å². The van der Waals surface area contributed by atoms with Crippen molar-refractivity contribution in [2.24, 2.45) is 22.2 Å². The first-order valence-corrected chi connectivity index (χ1v) is 3.63. The van der Waals surface area contributed by atoms with Gasteiger partial charge in [-0.15, -0.1) is 0 Å². The second-order valence-electron chi connectivity index (χ2n) is 2.49. The molecule has 0 spiro atoms. The van der Waals surface area contributed by atoms with E-state index in [0.29, 0.717) is 0 Å². The number of hydrogen-bond donors (Lipinski definition) is 4. The van der Waals surface area contributed by atoms with Crippen LogP contribution in [0.4, 0.5) is 0 Å². The molecule has 0 atom stereocenters. The highest BCUT2D eigenvalue weighted by atomic mass is 16.2. The summed E-state index contributed by atoms with van der Waals surface area (Å²) >= 11 is 0. The van der Waals surface area contributed by atoms with Crippen LogP contribution in [0.25, 0.3) is 0 Å². The Hall–Kier alpha value is -2.31. The lowest BCUT2D eigenvalue weighted by molar-refractivity contribution is 0.0996. The Kier molecular flexibility index (Phi) is 2.52. The van der Waals surface area contributed by atoms with E-state index in [1.807, 2.05) is 0 Å². The summed E-state index contributed by atoms with van der Waals surface area (Å²) in [7, 11) is 0. The summed E-state index contributed by atoms with van der Waals surface area (Å²) in [5.74, 6) is -1.66. The fraction of sp³-hybridized carbons (Fsp3) is 0. The van der Waals surface area contributed by atoms with Gasteiger partial charge in [-0.2, -0.15) is 4.99 Å². The third kappa shape index (κ3) is 2.09. The normalized spacial score (nSPS) is 9.43. The zero-order valence-corrected chi connectivity index (χ0v) is 7.15. The number of aromatic nitrogens is 1. The number of carbonyl (C=O) groups excluding carboxylic acids is 2. The summed E-state index contributed by atoms with van der Waals surface area (Å²) < 4.78 is 0. The van der Waals surface area contributed by atoms with Crippen LogP contribution >= 0.6 is 0 Å². The molecule has 14 heavy (non-hydrogen) atoms. The predicted octanol–water partition coefficient (Wildman–Crippen LogP) is -1.47. The lowest BCUT2D eigenvalue weighted by Gasteiger charge is -1.91. The molecule has 7 nitrogen and oxygen atoms in total. The molecule has 0 fully saturated rings. The molecule has 74 valence electrons. The number of nitrogens with two attached hydrogens (primary N) is 3. The van der Waals surface area contributed by atoms with Gasteiger partial charge in [0.15, 0.2) is 5.96 Å². The standard InChI is InChI=1S/C7H9N5O2/c8-5(13)3-1-2-4(11-3)6(14)12-7(9)10/h1-2,11H,(H2,8,13)(H4,9,10,12,14). The van der Waals surface area contributed by atoms with Crippen molar-refractivity contribution in [3.63, 3.8) is 0 Å². The smallest absolute Gasteiger partial charge is 0.296 e. The number of nitrogens with zero attached hydrogens (tertiary/aromatic N) is 1. The monoisotopic (exact) mass is 195 g/mol. The Bertz CT molecular complexity index is 402. The number of amides is 2. The van der Waals surface area contributed by atoms with E-state index in [1.165, 1.54) is 12.1 Å². The molecule has 7 N–H and O–H groups in total.